The van der Waals surface area contributed by atoms with E-state index in [0.29, 0.717) is 6.04 Å². The molecular weight excluding hydrogens is 318 g/mol. The maximum atomic E-state index is 9.37. The number of pyridine rings is 1. The lowest BCUT2D eigenvalue weighted by molar-refractivity contribution is 0.215. The predicted octanol–water partition coefficient (Wildman–Crippen LogP) is 3.21. The summed E-state index contributed by atoms with van der Waals surface area (Å²) in [4.78, 5) is 9.19. The molecule has 3 heterocycles. The zero-order chi connectivity index (χ0) is 16.9. The Morgan fingerprint density at radius 1 is 1.38 bits per heavy atom. The van der Waals surface area contributed by atoms with Gasteiger partial charge in [0, 0.05) is 31.9 Å². The van der Waals surface area contributed by atoms with Gasteiger partial charge in [-0.05, 0) is 56.9 Å². The third kappa shape index (κ3) is 3.74. The largest absolute Gasteiger partial charge is 0.361 e. The number of nitriles is 1. The van der Waals surface area contributed by atoms with E-state index >= 15 is 0 Å². The Kier molecular flexibility index (Phi) is 5.44. The fourth-order valence-corrected chi connectivity index (χ4v) is 4.20. The second-order valence-electron chi connectivity index (χ2n) is 6.37. The van der Waals surface area contributed by atoms with Crippen LogP contribution in [-0.4, -0.2) is 40.4 Å². The average molecular weight is 341 g/mol. The van der Waals surface area contributed by atoms with Crippen molar-refractivity contribution in [3.8, 4) is 6.07 Å². The molecule has 0 unspecified atom stereocenters. The normalized spacial score (nSPS) is 18.4. The van der Waals surface area contributed by atoms with Gasteiger partial charge in [-0.3, -0.25) is 9.88 Å². The van der Waals surface area contributed by atoms with Crippen molar-refractivity contribution in [3.63, 3.8) is 0 Å². The van der Waals surface area contributed by atoms with Gasteiger partial charge in [-0.15, -0.1) is 0 Å². The summed E-state index contributed by atoms with van der Waals surface area (Å²) in [5, 5.41) is 10.4. The van der Waals surface area contributed by atoms with Crippen LogP contribution in [0.25, 0.3) is 0 Å². The standard InChI is InChI=1S/C18H23N5S/c1-14-17(12-19)18(24-21-14)23-10-5-7-16(8-11-23)22(2)13-15-6-3-4-9-20-15/h3-4,6,9,16H,5,7-8,10-11,13H2,1-2H3/t16-/m1/s1. The molecule has 0 saturated carbocycles. The molecule has 1 fully saturated rings. The maximum Gasteiger partial charge on any atom is 0.130 e. The van der Waals surface area contributed by atoms with Crippen LogP contribution in [0, 0.1) is 18.3 Å². The molecule has 6 heteroatoms. The van der Waals surface area contributed by atoms with Gasteiger partial charge in [0.05, 0.1) is 11.4 Å². The van der Waals surface area contributed by atoms with Crippen LogP contribution in [0.1, 0.15) is 36.2 Å². The van der Waals surface area contributed by atoms with E-state index in [2.05, 4.69) is 38.3 Å². The summed E-state index contributed by atoms with van der Waals surface area (Å²) in [6.45, 7) is 4.78. The lowest BCUT2D eigenvalue weighted by Gasteiger charge is -2.27. The quantitative estimate of drug-likeness (QED) is 0.855. The second kappa shape index (κ2) is 7.73. The number of nitrogens with zero attached hydrogens (tertiary/aromatic N) is 5. The van der Waals surface area contributed by atoms with Gasteiger partial charge in [-0.25, -0.2) is 0 Å². The Hall–Kier alpha value is -1.97. The van der Waals surface area contributed by atoms with Crippen molar-refractivity contribution in [3.05, 3.63) is 41.3 Å². The molecule has 1 saturated heterocycles. The molecule has 0 aliphatic carbocycles. The van der Waals surface area contributed by atoms with Crippen LogP contribution in [-0.2, 0) is 6.54 Å². The van der Waals surface area contributed by atoms with E-state index in [1.807, 2.05) is 25.3 Å². The molecule has 0 aromatic carbocycles. The van der Waals surface area contributed by atoms with Gasteiger partial charge in [-0.2, -0.15) is 9.64 Å². The lowest BCUT2D eigenvalue weighted by Crippen LogP contribution is -2.32. The number of hydrogen-bond acceptors (Lipinski definition) is 6. The van der Waals surface area contributed by atoms with E-state index in [4.69, 9.17) is 0 Å². The summed E-state index contributed by atoms with van der Waals surface area (Å²) in [5.74, 6) is 0. The lowest BCUT2D eigenvalue weighted by atomic mass is 10.1. The van der Waals surface area contributed by atoms with Gasteiger partial charge in [0.15, 0.2) is 0 Å². The SMILES string of the molecule is Cc1nsc(N2CCC[C@@H](N(C)Cc3ccccn3)CC2)c1C#N. The molecule has 1 aliphatic heterocycles. The van der Waals surface area contributed by atoms with Crippen LogP contribution in [0.2, 0.25) is 0 Å². The summed E-state index contributed by atoms with van der Waals surface area (Å²) >= 11 is 1.46. The van der Waals surface area contributed by atoms with E-state index in [0.717, 1.165) is 54.4 Å². The van der Waals surface area contributed by atoms with Crippen molar-refractivity contribution in [2.24, 2.45) is 0 Å². The molecule has 1 atom stereocenters. The highest BCUT2D eigenvalue weighted by atomic mass is 32.1. The molecule has 3 rings (SSSR count). The first kappa shape index (κ1) is 16.9. The van der Waals surface area contributed by atoms with E-state index in [9.17, 15) is 5.26 Å². The zero-order valence-electron chi connectivity index (χ0n) is 14.3. The molecule has 0 N–H and O–H groups in total. The first-order chi connectivity index (χ1) is 11.7. The van der Waals surface area contributed by atoms with Crippen LogP contribution in [0.4, 0.5) is 5.00 Å². The Morgan fingerprint density at radius 2 is 2.25 bits per heavy atom. The fourth-order valence-electron chi connectivity index (χ4n) is 3.30. The number of anilines is 1. The highest BCUT2D eigenvalue weighted by Crippen LogP contribution is 2.30. The molecule has 0 radical (unpaired) electrons. The predicted molar refractivity (Wildman–Crippen MR) is 97.1 cm³/mol. The molecule has 5 nitrogen and oxygen atoms in total. The first-order valence-corrected chi connectivity index (χ1v) is 9.18. The minimum atomic E-state index is 0.552. The maximum absolute atomic E-state index is 9.37. The third-order valence-electron chi connectivity index (χ3n) is 4.70. The minimum Gasteiger partial charge on any atom is -0.361 e. The molecule has 2 aromatic rings. The van der Waals surface area contributed by atoms with Gasteiger partial charge in [0.2, 0.25) is 0 Å². The topological polar surface area (TPSA) is 56.1 Å². The van der Waals surface area contributed by atoms with Crippen LogP contribution in [0.5, 0.6) is 0 Å². The van der Waals surface area contributed by atoms with Crippen molar-refractivity contribution >= 4 is 16.5 Å². The van der Waals surface area contributed by atoms with E-state index in [1.165, 1.54) is 18.0 Å². The van der Waals surface area contributed by atoms with E-state index < -0.39 is 0 Å². The monoisotopic (exact) mass is 341 g/mol. The summed E-state index contributed by atoms with van der Waals surface area (Å²) in [7, 11) is 2.19. The molecular formula is C18H23N5S. The summed E-state index contributed by atoms with van der Waals surface area (Å²) < 4.78 is 4.36. The highest BCUT2D eigenvalue weighted by Gasteiger charge is 2.24. The van der Waals surface area contributed by atoms with Crippen LogP contribution >= 0.6 is 11.5 Å². The molecule has 2 aromatic heterocycles. The Balaban J connectivity index is 1.63. The smallest absolute Gasteiger partial charge is 0.130 e. The molecule has 24 heavy (non-hydrogen) atoms. The van der Waals surface area contributed by atoms with Crippen LogP contribution < -0.4 is 4.90 Å². The van der Waals surface area contributed by atoms with Crippen LogP contribution in [0.3, 0.4) is 0 Å². The average Bonchev–Trinajstić information content (AvgIpc) is 2.81. The molecule has 126 valence electrons. The molecule has 0 spiro atoms. The van der Waals surface area contributed by atoms with E-state index in [-0.39, 0.29) is 0 Å². The van der Waals surface area contributed by atoms with Gasteiger partial charge in [0.1, 0.15) is 16.6 Å². The van der Waals surface area contributed by atoms with Gasteiger partial charge in [-0.1, -0.05) is 6.07 Å². The van der Waals surface area contributed by atoms with Crippen molar-refractivity contribution in [1.29, 1.82) is 5.26 Å². The highest BCUT2D eigenvalue weighted by molar-refractivity contribution is 7.10. The summed E-state index contributed by atoms with van der Waals surface area (Å²) in [6.07, 6.45) is 5.28. The van der Waals surface area contributed by atoms with Crippen molar-refractivity contribution in [2.45, 2.75) is 38.8 Å². The zero-order valence-corrected chi connectivity index (χ0v) is 15.1. The third-order valence-corrected chi connectivity index (χ3v) is 5.70. The fraction of sp³-hybridized carbons (Fsp3) is 0.500. The summed E-state index contributed by atoms with van der Waals surface area (Å²) in [5.41, 5.74) is 2.72. The number of aromatic nitrogens is 2. The second-order valence-corrected chi connectivity index (χ2v) is 7.12. The Labute approximate surface area is 147 Å². The molecule has 1 aliphatic rings. The summed E-state index contributed by atoms with van der Waals surface area (Å²) in [6, 6.07) is 8.95. The number of aryl methyl sites for hydroxylation is 1. The number of rotatable bonds is 4. The van der Waals surface area contributed by atoms with Gasteiger partial charge in [0.25, 0.3) is 0 Å². The first-order valence-electron chi connectivity index (χ1n) is 8.40. The Bertz CT molecular complexity index is 706. The Morgan fingerprint density at radius 3 is 3.00 bits per heavy atom. The van der Waals surface area contributed by atoms with Crippen molar-refractivity contribution in [2.75, 3.05) is 25.0 Å². The van der Waals surface area contributed by atoms with Crippen LogP contribution in [0.15, 0.2) is 24.4 Å². The van der Waals surface area contributed by atoms with Crippen molar-refractivity contribution in [1.82, 2.24) is 14.3 Å². The van der Waals surface area contributed by atoms with Gasteiger partial charge < -0.3 is 4.90 Å². The van der Waals surface area contributed by atoms with E-state index in [1.54, 1.807) is 0 Å². The molecule has 0 bridgehead atoms. The number of hydrogen-bond donors (Lipinski definition) is 0. The molecule has 0 amide bonds. The minimum absolute atomic E-state index is 0.552. The van der Waals surface area contributed by atoms with Gasteiger partial charge >= 0.3 is 0 Å². The van der Waals surface area contributed by atoms with Crippen molar-refractivity contribution < 1.29 is 0 Å².